The van der Waals surface area contributed by atoms with Gasteiger partial charge in [0.2, 0.25) is 0 Å². The van der Waals surface area contributed by atoms with E-state index in [9.17, 15) is 13.6 Å². The largest absolute Gasteiger partial charge is 0.474 e. The normalized spacial score (nSPS) is 16.0. The lowest BCUT2D eigenvalue weighted by atomic mass is 10.2. The highest BCUT2D eigenvalue weighted by atomic mass is 19.3. The molecule has 0 unspecified atom stereocenters. The Hall–Kier alpha value is -2.29. The Morgan fingerprint density at radius 3 is 2.36 bits per heavy atom. The molecule has 2 heterocycles. The van der Waals surface area contributed by atoms with Gasteiger partial charge in [0.05, 0.1) is 12.4 Å². The summed E-state index contributed by atoms with van der Waals surface area (Å²) in [4.78, 5) is 21.4. The van der Waals surface area contributed by atoms with Gasteiger partial charge in [-0.05, 0) is 27.4 Å². The van der Waals surface area contributed by atoms with Gasteiger partial charge >= 0.3 is 0 Å². The number of halogens is 2. The van der Waals surface area contributed by atoms with E-state index in [1.165, 1.54) is 0 Å². The summed E-state index contributed by atoms with van der Waals surface area (Å²) < 4.78 is 30.6. The number of hydrogen-bond donors (Lipinski definition) is 1. The summed E-state index contributed by atoms with van der Waals surface area (Å²) in [5.74, 6) is 0.124. The predicted octanol–water partition coefficient (Wildman–Crippen LogP) is 1.96. The van der Waals surface area contributed by atoms with Gasteiger partial charge in [-0.2, -0.15) is 0 Å². The van der Waals surface area contributed by atoms with E-state index in [2.05, 4.69) is 22.0 Å². The minimum absolute atomic E-state index is 0.00712. The van der Waals surface area contributed by atoms with E-state index < -0.39 is 18.0 Å². The quantitative estimate of drug-likeness (QED) is 0.815. The Morgan fingerprint density at radius 1 is 1.24 bits per heavy atom. The van der Waals surface area contributed by atoms with E-state index in [-0.39, 0.29) is 11.3 Å². The molecule has 138 valence electrons. The second kappa shape index (κ2) is 7.73. The van der Waals surface area contributed by atoms with Crippen LogP contribution in [0.3, 0.4) is 0 Å². The molecule has 0 atom stereocenters. The third-order valence-electron chi connectivity index (χ3n) is 3.44. The van der Waals surface area contributed by atoms with Crippen molar-refractivity contribution in [1.82, 2.24) is 25.3 Å². The maximum absolute atomic E-state index is 12.4. The van der Waals surface area contributed by atoms with Gasteiger partial charge in [0.15, 0.2) is 5.88 Å². The van der Waals surface area contributed by atoms with Crippen LogP contribution in [0.1, 0.15) is 43.4 Å². The third-order valence-corrected chi connectivity index (χ3v) is 3.44. The molecule has 7 nitrogen and oxygen atoms in total. The fourth-order valence-electron chi connectivity index (χ4n) is 2.25. The van der Waals surface area contributed by atoms with Gasteiger partial charge in [-0.15, -0.1) is 0 Å². The molecule has 0 bridgehead atoms. The number of alkyl halides is 2. The molecule has 1 amide bonds. The molecule has 0 radical (unpaired) electrons. The minimum Gasteiger partial charge on any atom is -0.474 e. The number of carbonyl (C=O) groups is 1. The van der Waals surface area contributed by atoms with Crippen molar-refractivity contribution in [2.24, 2.45) is 0 Å². The Morgan fingerprint density at radius 2 is 1.88 bits per heavy atom. The molecule has 0 saturated carbocycles. The van der Waals surface area contributed by atoms with Crippen molar-refractivity contribution in [2.75, 3.05) is 26.2 Å². The zero-order valence-corrected chi connectivity index (χ0v) is 14.6. The number of nitrogens with zero attached hydrogens (tertiary/aromatic N) is 4. The van der Waals surface area contributed by atoms with Crippen LogP contribution in [0, 0.1) is 0 Å². The van der Waals surface area contributed by atoms with Crippen LogP contribution in [-0.2, 0) is 4.74 Å². The monoisotopic (exact) mass is 355 g/mol. The highest BCUT2D eigenvalue weighted by molar-refractivity contribution is 5.91. The second-order valence-electron chi connectivity index (χ2n) is 6.65. The maximum Gasteiger partial charge on any atom is 0.285 e. The van der Waals surface area contributed by atoms with Gasteiger partial charge in [0.25, 0.3) is 12.3 Å². The Balaban J connectivity index is 1.83. The molecule has 0 spiro atoms. The number of carbonyl (C=O) groups excluding carboxylic acids is 1. The number of hydrazine groups is 1. The fourth-order valence-corrected chi connectivity index (χ4v) is 2.25. The van der Waals surface area contributed by atoms with Crippen LogP contribution in [0.5, 0.6) is 0 Å². The van der Waals surface area contributed by atoms with E-state index in [1.54, 1.807) is 5.01 Å². The van der Waals surface area contributed by atoms with Crippen molar-refractivity contribution >= 4 is 5.91 Å². The maximum atomic E-state index is 12.4. The van der Waals surface area contributed by atoms with Gasteiger partial charge in [-0.3, -0.25) is 15.2 Å². The molecular formula is C16H23F2N5O2. The number of hydrogen-bond acceptors (Lipinski definition) is 6. The van der Waals surface area contributed by atoms with Crippen molar-refractivity contribution < 1.29 is 18.3 Å². The molecule has 1 aliphatic rings. The van der Waals surface area contributed by atoms with Gasteiger partial charge in [-0.1, -0.05) is 0 Å². The summed E-state index contributed by atoms with van der Waals surface area (Å²) in [5.41, 5.74) is 1.92. The molecule has 1 aliphatic heterocycles. The van der Waals surface area contributed by atoms with E-state index in [0.29, 0.717) is 32.1 Å². The Bertz CT molecular complexity index is 608. The number of nitrogens with one attached hydrogen (secondary N) is 1. The smallest absolute Gasteiger partial charge is 0.285 e. The molecular weight excluding hydrogens is 332 g/mol. The van der Waals surface area contributed by atoms with Crippen LogP contribution in [-0.4, -0.2) is 57.6 Å². The van der Waals surface area contributed by atoms with Crippen molar-refractivity contribution in [1.29, 1.82) is 0 Å². The second-order valence-corrected chi connectivity index (χ2v) is 6.65. The fraction of sp³-hybridized carbons (Fsp3) is 0.562. The molecule has 2 rings (SSSR count). The first-order chi connectivity index (χ1) is 11.7. The average Bonchev–Trinajstić information content (AvgIpc) is 2.54. The summed E-state index contributed by atoms with van der Waals surface area (Å²) in [6.45, 7) is 12.2. The van der Waals surface area contributed by atoms with Gasteiger partial charge in [0.1, 0.15) is 17.0 Å². The van der Waals surface area contributed by atoms with Crippen LogP contribution in [0.15, 0.2) is 24.9 Å². The van der Waals surface area contributed by atoms with Gasteiger partial charge in [0, 0.05) is 26.2 Å². The van der Waals surface area contributed by atoms with Gasteiger partial charge < -0.3 is 9.64 Å². The molecule has 1 saturated heterocycles. The number of piperazine rings is 1. The summed E-state index contributed by atoms with van der Waals surface area (Å²) in [6, 6.07) is 0. The molecule has 25 heavy (non-hydrogen) atoms. The lowest BCUT2D eigenvalue weighted by Gasteiger charge is -2.38. The summed E-state index contributed by atoms with van der Waals surface area (Å²) >= 11 is 0. The molecule has 1 aromatic heterocycles. The third kappa shape index (κ3) is 5.63. The van der Waals surface area contributed by atoms with Crippen LogP contribution >= 0.6 is 0 Å². The summed E-state index contributed by atoms with van der Waals surface area (Å²) in [5, 5.41) is 1.74. The number of aromatic nitrogens is 2. The average molecular weight is 355 g/mol. The molecule has 1 aromatic rings. The van der Waals surface area contributed by atoms with Gasteiger partial charge in [-0.25, -0.2) is 18.8 Å². The van der Waals surface area contributed by atoms with Crippen LogP contribution in [0.4, 0.5) is 8.78 Å². The summed E-state index contributed by atoms with van der Waals surface area (Å²) in [6.07, 6.45) is -0.752. The SMILES string of the molecule is C=C(OC(C)(C)C)N1CCN(NC(=O)c2cnc(C(F)F)cn2)CC1. The van der Waals surface area contributed by atoms with Crippen LogP contribution in [0.2, 0.25) is 0 Å². The van der Waals surface area contributed by atoms with E-state index in [0.717, 1.165) is 12.4 Å². The summed E-state index contributed by atoms with van der Waals surface area (Å²) in [7, 11) is 0. The first-order valence-electron chi connectivity index (χ1n) is 7.94. The highest BCUT2D eigenvalue weighted by Gasteiger charge is 2.23. The lowest BCUT2D eigenvalue weighted by molar-refractivity contribution is -0.0141. The number of amides is 1. The van der Waals surface area contributed by atoms with Crippen molar-refractivity contribution in [3.8, 4) is 0 Å². The van der Waals surface area contributed by atoms with Crippen LogP contribution < -0.4 is 5.43 Å². The topological polar surface area (TPSA) is 70.6 Å². The zero-order valence-electron chi connectivity index (χ0n) is 14.6. The number of rotatable bonds is 5. The standard InChI is InChI=1S/C16H23F2N5O2/c1-11(25-16(2,3)4)22-5-7-23(8-6-22)21-15(24)13-10-19-12(9-20-13)14(17)18/h9-10,14H,1,5-8H2,2-4H3,(H,21,24). The zero-order chi connectivity index (χ0) is 18.6. The molecule has 1 fully saturated rings. The minimum atomic E-state index is -2.71. The van der Waals surface area contributed by atoms with Crippen LogP contribution in [0.25, 0.3) is 0 Å². The Labute approximate surface area is 145 Å². The van der Waals surface area contributed by atoms with E-state index in [1.807, 2.05) is 25.7 Å². The van der Waals surface area contributed by atoms with E-state index in [4.69, 9.17) is 4.74 Å². The van der Waals surface area contributed by atoms with E-state index >= 15 is 0 Å². The molecule has 9 heteroatoms. The van der Waals surface area contributed by atoms with Crippen molar-refractivity contribution in [3.05, 3.63) is 36.2 Å². The molecule has 1 N–H and O–H groups in total. The first-order valence-corrected chi connectivity index (χ1v) is 7.94. The van der Waals surface area contributed by atoms with Crippen molar-refractivity contribution in [3.63, 3.8) is 0 Å². The first kappa shape index (κ1) is 19.0. The molecule has 0 aromatic carbocycles. The molecule has 0 aliphatic carbocycles. The highest BCUT2D eigenvalue weighted by Crippen LogP contribution is 2.17. The Kier molecular flexibility index (Phi) is 5.89. The lowest BCUT2D eigenvalue weighted by Crippen LogP contribution is -2.53. The van der Waals surface area contributed by atoms with Crippen molar-refractivity contribution in [2.45, 2.75) is 32.8 Å². The predicted molar refractivity (Wildman–Crippen MR) is 87.6 cm³/mol. The number of ether oxygens (including phenoxy) is 1.